The van der Waals surface area contributed by atoms with E-state index in [9.17, 15) is 4.79 Å². The van der Waals surface area contributed by atoms with Crippen molar-refractivity contribution in [2.24, 2.45) is 5.92 Å². The van der Waals surface area contributed by atoms with Crippen LogP contribution in [0.25, 0.3) is 11.4 Å². The summed E-state index contributed by atoms with van der Waals surface area (Å²) in [6.45, 7) is 3.82. The summed E-state index contributed by atoms with van der Waals surface area (Å²) >= 11 is 0. The minimum absolute atomic E-state index is 0.266. The first-order valence-corrected chi connectivity index (χ1v) is 9.47. The highest BCUT2D eigenvalue weighted by molar-refractivity contribution is 5.79. The average molecular weight is 338 g/mol. The minimum atomic E-state index is 0.266. The molecule has 0 aromatic carbocycles. The zero-order valence-electron chi connectivity index (χ0n) is 14.9. The maximum atomic E-state index is 12.8. The number of rotatable bonds is 3. The van der Waals surface area contributed by atoms with E-state index in [1.54, 1.807) is 12.4 Å². The molecule has 1 saturated carbocycles. The third kappa shape index (κ3) is 3.20. The second-order valence-electron chi connectivity index (χ2n) is 7.39. The van der Waals surface area contributed by atoms with E-state index >= 15 is 0 Å². The Morgan fingerprint density at radius 3 is 2.64 bits per heavy atom. The van der Waals surface area contributed by atoms with Gasteiger partial charge in [-0.2, -0.15) is 0 Å². The van der Waals surface area contributed by atoms with E-state index in [-0.39, 0.29) is 5.92 Å². The van der Waals surface area contributed by atoms with Gasteiger partial charge < -0.3 is 9.47 Å². The van der Waals surface area contributed by atoms with Crippen LogP contribution in [0.5, 0.6) is 0 Å². The smallest absolute Gasteiger partial charge is 0.225 e. The first-order chi connectivity index (χ1) is 12.2. The monoisotopic (exact) mass is 338 g/mol. The number of aromatic nitrogens is 3. The molecule has 5 nitrogen and oxygen atoms in total. The normalized spacial score (nSPS) is 21.6. The minimum Gasteiger partial charge on any atom is -0.340 e. The molecule has 1 saturated heterocycles. The van der Waals surface area contributed by atoms with E-state index in [2.05, 4.69) is 26.4 Å². The van der Waals surface area contributed by atoms with Crippen molar-refractivity contribution in [2.75, 3.05) is 13.1 Å². The van der Waals surface area contributed by atoms with Crippen LogP contribution >= 0.6 is 0 Å². The molecule has 132 valence electrons. The van der Waals surface area contributed by atoms with Gasteiger partial charge in [0, 0.05) is 48.9 Å². The van der Waals surface area contributed by atoms with Gasteiger partial charge in [0.1, 0.15) is 5.82 Å². The van der Waals surface area contributed by atoms with Crippen LogP contribution < -0.4 is 0 Å². The Hall–Kier alpha value is -2.17. The summed E-state index contributed by atoms with van der Waals surface area (Å²) in [6, 6.07) is 4.32. The zero-order valence-corrected chi connectivity index (χ0v) is 14.9. The molecule has 2 aliphatic rings. The third-order valence-corrected chi connectivity index (χ3v) is 5.70. The number of nitrogens with zero attached hydrogens (tertiary/aromatic N) is 4. The average Bonchev–Trinajstić information content (AvgIpc) is 3.32. The molecule has 1 aliphatic carbocycles. The number of aryl methyl sites for hydroxylation is 1. The maximum absolute atomic E-state index is 12.8. The highest BCUT2D eigenvalue weighted by atomic mass is 16.2. The number of hydrogen-bond acceptors (Lipinski definition) is 3. The number of carbonyl (C=O) groups is 1. The molecule has 2 fully saturated rings. The Labute approximate surface area is 149 Å². The van der Waals surface area contributed by atoms with Crippen LogP contribution in [-0.4, -0.2) is 38.4 Å². The fourth-order valence-electron chi connectivity index (χ4n) is 4.42. The Morgan fingerprint density at radius 1 is 1.12 bits per heavy atom. The van der Waals surface area contributed by atoms with Gasteiger partial charge >= 0.3 is 0 Å². The SMILES string of the molecule is Cc1cnc(-c2ccncc2)n1C1CCCN(C(=O)C2CCCC2)C1. The topological polar surface area (TPSA) is 51.0 Å². The van der Waals surface area contributed by atoms with Crippen LogP contribution in [0.1, 0.15) is 50.3 Å². The van der Waals surface area contributed by atoms with Gasteiger partial charge in [-0.15, -0.1) is 0 Å². The van der Waals surface area contributed by atoms with Gasteiger partial charge in [-0.1, -0.05) is 12.8 Å². The lowest BCUT2D eigenvalue weighted by Crippen LogP contribution is -2.43. The molecule has 0 radical (unpaired) electrons. The Kier molecular flexibility index (Phi) is 4.55. The van der Waals surface area contributed by atoms with Crippen molar-refractivity contribution in [1.29, 1.82) is 0 Å². The summed E-state index contributed by atoms with van der Waals surface area (Å²) in [4.78, 5) is 23.7. The summed E-state index contributed by atoms with van der Waals surface area (Å²) in [5, 5.41) is 0. The lowest BCUT2D eigenvalue weighted by Gasteiger charge is -2.36. The van der Waals surface area contributed by atoms with Crippen molar-refractivity contribution in [2.45, 2.75) is 51.5 Å². The predicted octanol–water partition coefficient (Wildman–Crippen LogP) is 3.61. The molecular formula is C20H26N4O. The second kappa shape index (κ2) is 6.98. The first kappa shape index (κ1) is 16.3. The standard InChI is InChI=1S/C20H26N4O/c1-15-13-22-19(16-8-10-21-11-9-16)24(15)18-7-4-12-23(14-18)20(25)17-5-2-3-6-17/h8-11,13,17-18H,2-7,12,14H2,1H3. The van der Waals surface area contributed by atoms with Crippen molar-refractivity contribution < 1.29 is 4.79 Å². The summed E-state index contributed by atoms with van der Waals surface area (Å²) < 4.78 is 2.32. The summed E-state index contributed by atoms with van der Waals surface area (Å²) in [5.41, 5.74) is 2.24. The van der Waals surface area contributed by atoms with E-state index in [0.717, 1.165) is 55.9 Å². The van der Waals surface area contributed by atoms with Gasteiger partial charge in [-0.3, -0.25) is 9.78 Å². The molecule has 5 heteroatoms. The van der Waals surface area contributed by atoms with E-state index in [1.165, 1.54) is 12.8 Å². The number of amides is 1. The van der Waals surface area contributed by atoms with E-state index in [4.69, 9.17) is 0 Å². The molecular weight excluding hydrogens is 312 g/mol. The molecule has 2 aromatic heterocycles. The molecule has 2 aromatic rings. The fourth-order valence-corrected chi connectivity index (χ4v) is 4.42. The summed E-state index contributed by atoms with van der Waals surface area (Å²) in [7, 11) is 0. The van der Waals surface area contributed by atoms with Crippen LogP contribution in [-0.2, 0) is 4.79 Å². The van der Waals surface area contributed by atoms with Crippen LogP contribution in [0.3, 0.4) is 0 Å². The van der Waals surface area contributed by atoms with Crippen LogP contribution in [0, 0.1) is 12.8 Å². The van der Waals surface area contributed by atoms with Gasteiger partial charge in [-0.25, -0.2) is 4.98 Å². The van der Waals surface area contributed by atoms with Crippen LogP contribution in [0.4, 0.5) is 0 Å². The maximum Gasteiger partial charge on any atom is 0.225 e. The van der Waals surface area contributed by atoms with Gasteiger partial charge in [0.2, 0.25) is 5.91 Å². The van der Waals surface area contributed by atoms with Crippen molar-refractivity contribution in [3.8, 4) is 11.4 Å². The molecule has 1 unspecified atom stereocenters. The molecule has 0 bridgehead atoms. The largest absolute Gasteiger partial charge is 0.340 e. The van der Waals surface area contributed by atoms with Gasteiger partial charge in [0.05, 0.1) is 6.04 Å². The van der Waals surface area contributed by atoms with Crippen molar-refractivity contribution in [3.05, 3.63) is 36.4 Å². The second-order valence-corrected chi connectivity index (χ2v) is 7.39. The number of piperidine rings is 1. The summed E-state index contributed by atoms with van der Waals surface area (Å²) in [6.07, 6.45) is 12.3. The summed E-state index contributed by atoms with van der Waals surface area (Å²) in [5.74, 6) is 1.63. The number of imidazole rings is 1. The quantitative estimate of drug-likeness (QED) is 0.859. The first-order valence-electron chi connectivity index (χ1n) is 9.47. The molecule has 0 N–H and O–H groups in total. The Bertz CT molecular complexity index is 733. The van der Waals surface area contributed by atoms with Crippen molar-refractivity contribution in [1.82, 2.24) is 19.4 Å². The fraction of sp³-hybridized carbons (Fsp3) is 0.550. The molecule has 3 heterocycles. The molecule has 25 heavy (non-hydrogen) atoms. The van der Waals surface area contributed by atoms with Crippen molar-refractivity contribution >= 4 is 5.91 Å². The van der Waals surface area contributed by atoms with Crippen molar-refractivity contribution in [3.63, 3.8) is 0 Å². The van der Waals surface area contributed by atoms with Gasteiger partial charge in [-0.05, 0) is 44.7 Å². The lowest BCUT2D eigenvalue weighted by atomic mass is 10.0. The van der Waals surface area contributed by atoms with E-state index in [1.807, 2.05) is 18.3 Å². The van der Waals surface area contributed by atoms with Gasteiger partial charge in [0.25, 0.3) is 0 Å². The molecule has 1 amide bonds. The third-order valence-electron chi connectivity index (χ3n) is 5.70. The van der Waals surface area contributed by atoms with Crippen LogP contribution in [0.2, 0.25) is 0 Å². The lowest BCUT2D eigenvalue weighted by molar-refractivity contribution is -0.137. The molecule has 1 aliphatic heterocycles. The predicted molar refractivity (Wildman–Crippen MR) is 97.0 cm³/mol. The van der Waals surface area contributed by atoms with Crippen LogP contribution in [0.15, 0.2) is 30.7 Å². The number of pyridine rings is 1. The highest BCUT2D eigenvalue weighted by Gasteiger charge is 2.32. The molecule has 0 spiro atoms. The Balaban J connectivity index is 1.57. The number of likely N-dealkylation sites (tertiary alicyclic amines) is 1. The van der Waals surface area contributed by atoms with Gasteiger partial charge in [0.15, 0.2) is 0 Å². The number of carbonyl (C=O) groups excluding carboxylic acids is 1. The number of hydrogen-bond donors (Lipinski definition) is 0. The molecule has 4 rings (SSSR count). The van der Waals surface area contributed by atoms with E-state index < -0.39 is 0 Å². The van der Waals surface area contributed by atoms with E-state index in [0.29, 0.717) is 11.9 Å². The highest BCUT2D eigenvalue weighted by Crippen LogP contribution is 2.32. The zero-order chi connectivity index (χ0) is 17.2. The Morgan fingerprint density at radius 2 is 1.88 bits per heavy atom. The molecule has 1 atom stereocenters.